The fourth-order valence-corrected chi connectivity index (χ4v) is 3.57. The molecule has 218 valence electrons. The van der Waals surface area contributed by atoms with E-state index in [1.807, 2.05) is 13.8 Å². The third-order valence-electron chi connectivity index (χ3n) is 5.54. The number of aromatic amines is 1. The maximum atomic E-state index is 13.2. The number of primary amides is 1. The maximum Gasteiger partial charge on any atom is 0.326 e. The van der Waals surface area contributed by atoms with Crippen LogP contribution in [0.1, 0.15) is 51.6 Å². The van der Waals surface area contributed by atoms with Gasteiger partial charge in [0.05, 0.1) is 12.4 Å². The second kappa shape index (κ2) is 16.6. The highest BCUT2D eigenvalue weighted by molar-refractivity contribution is 5.94. The van der Waals surface area contributed by atoms with E-state index in [1.54, 1.807) is 0 Å². The third-order valence-corrected chi connectivity index (χ3v) is 5.54. The molecule has 0 aliphatic heterocycles. The lowest BCUT2D eigenvalue weighted by Crippen LogP contribution is -2.57. The normalized spacial score (nSPS) is 13.9. The minimum absolute atomic E-state index is 0.00852. The van der Waals surface area contributed by atoms with Gasteiger partial charge in [-0.1, -0.05) is 13.8 Å². The number of aliphatic imine (C=N–C) groups is 1. The molecule has 0 radical (unpaired) electrons. The number of carboxylic acids is 1. The molecule has 1 rings (SSSR count). The molecule has 4 amide bonds. The summed E-state index contributed by atoms with van der Waals surface area (Å²) >= 11 is 0. The van der Waals surface area contributed by atoms with Crippen LogP contribution in [0.4, 0.5) is 0 Å². The molecule has 0 bridgehead atoms. The summed E-state index contributed by atoms with van der Waals surface area (Å²) in [5, 5.41) is 17.0. The Hall–Kier alpha value is -4.21. The molecule has 4 unspecified atom stereocenters. The number of carbonyl (C=O) groups is 5. The maximum absolute atomic E-state index is 13.2. The first-order valence-electron chi connectivity index (χ1n) is 12.5. The van der Waals surface area contributed by atoms with Crippen molar-refractivity contribution in [1.29, 1.82) is 0 Å². The van der Waals surface area contributed by atoms with Crippen molar-refractivity contribution in [2.24, 2.45) is 33.8 Å². The van der Waals surface area contributed by atoms with E-state index in [0.717, 1.165) is 0 Å². The van der Waals surface area contributed by atoms with Crippen molar-refractivity contribution in [3.63, 3.8) is 0 Å². The van der Waals surface area contributed by atoms with Gasteiger partial charge in [0.15, 0.2) is 5.96 Å². The summed E-state index contributed by atoms with van der Waals surface area (Å²) in [5.41, 5.74) is 22.3. The molecule has 0 saturated carbocycles. The minimum atomic E-state index is -1.30. The molecule has 0 aliphatic rings. The first-order valence-corrected chi connectivity index (χ1v) is 12.5. The molecule has 39 heavy (non-hydrogen) atoms. The summed E-state index contributed by atoms with van der Waals surface area (Å²) < 4.78 is 0. The first-order chi connectivity index (χ1) is 18.3. The number of guanidine groups is 1. The van der Waals surface area contributed by atoms with Crippen LogP contribution < -0.4 is 38.9 Å². The Bertz CT molecular complexity index is 994. The van der Waals surface area contributed by atoms with Gasteiger partial charge in [-0.3, -0.25) is 24.2 Å². The zero-order valence-electron chi connectivity index (χ0n) is 22.2. The predicted octanol–water partition coefficient (Wildman–Crippen LogP) is -2.82. The Kier molecular flexibility index (Phi) is 14.0. The standard InChI is InChI=1S/C23H40N10O6/c1-12(2)8-17(33-19(35)14(24)9-13-10-28-11-30-13)21(37)31-15(5-6-18(25)34)20(36)32-16(22(38)39)4-3-7-29-23(26)27/h10-12,14-17H,3-9,24H2,1-2H3,(H2,25,34)(H,28,30)(H,31,37)(H,32,36)(H,33,35)(H,38,39)(H4,26,27,29). The lowest BCUT2D eigenvalue weighted by Gasteiger charge is -2.26. The van der Waals surface area contributed by atoms with Gasteiger partial charge in [-0.15, -0.1) is 0 Å². The fourth-order valence-electron chi connectivity index (χ4n) is 3.57. The number of carbonyl (C=O) groups excluding carboxylic acids is 4. The molecule has 16 heteroatoms. The highest BCUT2D eigenvalue weighted by Gasteiger charge is 2.31. The SMILES string of the molecule is CC(C)CC(NC(=O)C(N)Cc1cnc[nH]1)C(=O)NC(CCC(N)=O)C(=O)NC(CCCN=C(N)N)C(=O)O. The number of nitrogens with two attached hydrogens (primary N) is 4. The molecular formula is C23H40N10O6. The van der Waals surface area contributed by atoms with Gasteiger partial charge in [0.2, 0.25) is 23.6 Å². The molecule has 4 atom stereocenters. The van der Waals surface area contributed by atoms with E-state index in [9.17, 15) is 29.1 Å². The van der Waals surface area contributed by atoms with Crippen LogP contribution in [0, 0.1) is 5.92 Å². The molecule has 0 aromatic carbocycles. The minimum Gasteiger partial charge on any atom is -0.480 e. The van der Waals surface area contributed by atoms with E-state index in [1.165, 1.54) is 12.5 Å². The van der Waals surface area contributed by atoms with Crippen molar-refractivity contribution in [3.8, 4) is 0 Å². The number of H-pyrrole nitrogens is 1. The highest BCUT2D eigenvalue weighted by atomic mass is 16.4. The summed E-state index contributed by atoms with van der Waals surface area (Å²) in [4.78, 5) is 72.4. The van der Waals surface area contributed by atoms with E-state index in [4.69, 9.17) is 22.9 Å². The second-order valence-electron chi connectivity index (χ2n) is 9.49. The summed E-state index contributed by atoms with van der Waals surface area (Å²) in [7, 11) is 0. The van der Waals surface area contributed by atoms with Gasteiger partial charge >= 0.3 is 5.97 Å². The molecule has 0 saturated heterocycles. The third kappa shape index (κ3) is 13.2. The topological polar surface area (TPSA) is 287 Å². The summed E-state index contributed by atoms with van der Waals surface area (Å²) in [6.45, 7) is 3.84. The molecule has 1 heterocycles. The van der Waals surface area contributed by atoms with Crippen LogP contribution in [0.25, 0.3) is 0 Å². The Morgan fingerprint density at radius 1 is 0.974 bits per heavy atom. The van der Waals surface area contributed by atoms with E-state index in [2.05, 4.69) is 30.9 Å². The average Bonchev–Trinajstić information content (AvgIpc) is 3.35. The van der Waals surface area contributed by atoms with Gasteiger partial charge in [-0.05, 0) is 31.6 Å². The van der Waals surface area contributed by atoms with E-state index in [0.29, 0.717) is 5.69 Å². The van der Waals surface area contributed by atoms with Gasteiger partial charge in [0, 0.05) is 31.3 Å². The van der Waals surface area contributed by atoms with Gasteiger partial charge in [-0.2, -0.15) is 0 Å². The number of nitrogens with zero attached hydrogens (tertiary/aromatic N) is 2. The Morgan fingerprint density at radius 2 is 1.59 bits per heavy atom. The van der Waals surface area contributed by atoms with Crippen LogP contribution in [0.15, 0.2) is 17.5 Å². The number of aromatic nitrogens is 2. The van der Waals surface area contributed by atoms with Gasteiger partial charge in [0.1, 0.15) is 18.1 Å². The summed E-state index contributed by atoms with van der Waals surface area (Å²) in [6, 6.07) is -4.62. The Labute approximate surface area is 226 Å². The number of aliphatic carboxylic acids is 1. The second-order valence-corrected chi connectivity index (χ2v) is 9.49. The van der Waals surface area contributed by atoms with Gasteiger partial charge in [-0.25, -0.2) is 9.78 Å². The number of carboxylic acid groups (broad SMARTS) is 1. The van der Waals surface area contributed by atoms with Gasteiger partial charge in [0.25, 0.3) is 0 Å². The molecule has 16 nitrogen and oxygen atoms in total. The number of imidazole rings is 1. The number of nitrogens with one attached hydrogen (secondary N) is 4. The van der Waals surface area contributed by atoms with Crippen LogP contribution in [0.3, 0.4) is 0 Å². The van der Waals surface area contributed by atoms with Crippen molar-refractivity contribution in [2.75, 3.05) is 6.54 Å². The van der Waals surface area contributed by atoms with Crippen LogP contribution in [0.2, 0.25) is 0 Å². The zero-order valence-corrected chi connectivity index (χ0v) is 22.2. The Morgan fingerprint density at radius 3 is 2.13 bits per heavy atom. The molecule has 0 spiro atoms. The zero-order chi connectivity index (χ0) is 29.5. The summed E-state index contributed by atoms with van der Waals surface area (Å²) in [6.07, 6.45) is 3.19. The number of hydrogen-bond acceptors (Lipinski definition) is 8. The van der Waals surface area contributed by atoms with E-state index in [-0.39, 0.29) is 56.9 Å². The Balaban J connectivity index is 2.95. The molecule has 0 fully saturated rings. The summed E-state index contributed by atoms with van der Waals surface area (Å²) in [5.74, 6) is -4.31. The van der Waals surface area contributed by atoms with Crippen LogP contribution in [0.5, 0.6) is 0 Å². The number of rotatable bonds is 18. The highest BCUT2D eigenvalue weighted by Crippen LogP contribution is 2.09. The largest absolute Gasteiger partial charge is 0.480 e. The van der Waals surface area contributed by atoms with E-state index < -0.39 is 53.8 Å². The first kappa shape index (κ1) is 32.8. The number of amides is 4. The van der Waals surface area contributed by atoms with Crippen LogP contribution >= 0.6 is 0 Å². The molecule has 13 N–H and O–H groups in total. The van der Waals surface area contributed by atoms with Crippen molar-refractivity contribution >= 4 is 35.6 Å². The quantitative estimate of drug-likeness (QED) is 0.0511. The predicted molar refractivity (Wildman–Crippen MR) is 141 cm³/mol. The van der Waals surface area contributed by atoms with Crippen LogP contribution in [-0.2, 0) is 30.4 Å². The van der Waals surface area contributed by atoms with Crippen LogP contribution in [-0.4, -0.2) is 81.3 Å². The number of hydrogen-bond donors (Lipinski definition) is 9. The van der Waals surface area contributed by atoms with Gasteiger partial charge < -0.3 is 49.0 Å². The smallest absolute Gasteiger partial charge is 0.326 e. The van der Waals surface area contributed by atoms with Crippen molar-refractivity contribution < 1.29 is 29.1 Å². The van der Waals surface area contributed by atoms with Crippen molar-refractivity contribution in [2.45, 2.75) is 76.5 Å². The fraction of sp³-hybridized carbons (Fsp3) is 0.609. The molecule has 1 aromatic rings. The van der Waals surface area contributed by atoms with E-state index >= 15 is 0 Å². The van der Waals surface area contributed by atoms with Crippen molar-refractivity contribution in [3.05, 3.63) is 18.2 Å². The molecule has 1 aromatic heterocycles. The molecule has 0 aliphatic carbocycles. The molecular weight excluding hydrogens is 512 g/mol. The lowest BCUT2D eigenvalue weighted by atomic mass is 10.0. The monoisotopic (exact) mass is 552 g/mol. The average molecular weight is 553 g/mol. The van der Waals surface area contributed by atoms with Crippen molar-refractivity contribution in [1.82, 2.24) is 25.9 Å². The lowest BCUT2D eigenvalue weighted by molar-refractivity contribution is -0.142.